The highest BCUT2D eigenvalue weighted by Gasteiger charge is 2.16. The van der Waals surface area contributed by atoms with Crippen molar-refractivity contribution < 1.29 is 4.74 Å². The van der Waals surface area contributed by atoms with Crippen molar-refractivity contribution >= 4 is 11.0 Å². The lowest BCUT2D eigenvalue weighted by Crippen LogP contribution is -2.38. The van der Waals surface area contributed by atoms with Crippen LogP contribution in [0.15, 0.2) is 61.2 Å². The first-order valence-electron chi connectivity index (χ1n) is 11.8. The van der Waals surface area contributed by atoms with Crippen molar-refractivity contribution in [1.29, 1.82) is 0 Å². The van der Waals surface area contributed by atoms with Gasteiger partial charge in [-0.05, 0) is 37.3 Å². The number of ether oxygens (including phenoxy) is 1. The van der Waals surface area contributed by atoms with Crippen molar-refractivity contribution in [2.24, 2.45) is 0 Å². The molecule has 9 nitrogen and oxygen atoms in total. The zero-order chi connectivity index (χ0) is 23.6. The molecule has 1 fully saturated rings. The molecule has 6 rings (SSSR count). The molecule has 0 unspecified atom stereocenters. The molecule has 1 aliphatic rings. The lowest BCUT2D eigenvalue weighted by molar-refractivity contribution is 0.0360. The number of hydrogen-bond donors (Lipinski definition) is 1. The van der Waals surface area contributed by atoms with Gasteiger partial charge in [-0.3, -0.25) is 24.6 Å². The number of nitrogens with one attached hydrogen (secondary N) is 1. The first-order valence-corrected chi connectivity index (χ1v) is 11.8. The molecule has 5 aromatic heterocycles. The largest absolute Gasteiger partial charge is 0.379 e. The van der Waals surface area contributed by atoms with Crippen molar-refractivity contribution in [3.05, 3.63) is 66.9 Å². The Morgan fingerprint density at radius 2 is 1.86 bits per heavy atom. The van der Waals surface area contributed by atoms with Crippen molar-refractivity contribution in [2.75, 3.05) is 32.8 Å². The summed E-state index contributed by atoms with van der Waals surface area (Å²) in [6.45, 7) is 7.34. The predicted octanol–water partition coefficient (Wildman–Crippen LogP) is 3.59. The zero-order valence-corrected chi connectivity index (χ0v) is 19.6. The molecule has 5 aromatic rings. The van der Waals surface area contributed by atoms with Gasteiger partial charge in [-0.1, -0.05) is 6.07 Å². The Morgan fingerprint density at radius 3 is 2.74 bits per heavy atom. The molecule has 176 valence electrons. The van der Waals surface area contributed by atoms with Gasteiger partial charge in [0.05, 0.1) is 60.3 Å². The van der Waals surface area contributed by atoms with Crippen LogP contribution in [0.3, 0.4) is 0 Å². The fourth-order valence-electron chi connectivity index (χ4n) is 4.46. The van der Waals surface area contributed by atoms with E-state index in [0.717, 1.165) is 89.9 Å². The topological polar surface area (TPSA) is 97.6 Å². The molecule has 35 heavy (non-hydrogen) atoms. The van der Waals surface area contributed by atoms with Crippen molar-refractivity contribution in [1.82, 2.24) is 39.8 Å². The summed E-state index contributed by atoms with van der Waals surface area (Å²) < 4.78 is 7.44. The van der Waals surface area contributed by atoms with E-state index in [1.54, 1.807) is 6.20 Å². The smallest absolute Gasteiger partial charge is 0.0973 e. The fraction of sp³-hybridized carbons (Fsp3) is 0.269. The number of fused-ring (bicyclic) bond motifs is 1. The molecule has 1 saturated heterocycles. The standard InChI is InChI=1S/C26H26N8O/c1-18-3-2-4-24(30-18)26-21(16-28-32-26)22-5-6-23-25(31-22)20(7-8-27-23)19-15-29-34(17-19)10-9-33-11-13-35-14-12-33/h2-8,15-17H,9-14H2,1H3,(H,28,32). The fourth-order valence-corrected chi connectivity index (χ4v) is 4.46. The summed E-state index contributed by atoms with van der Waals surface area (Å²) in [5.74, 6) is 0. The molecule has 0 saturated carbocycles. The predicted molar refractivity (Wildman–Crippen MR) is 134 cm³/mol. The third kappa shape index (κ3) is 4.43. The monoisotopic (exact) mass is 466 g/mol. The first-order chi connectivity index (χ1) is 17.2. The number of aromatic amines is 1. The molecule has 0 atom stereocenters. The van der Waals surface area contributed by atoms with Crippen LogP contribution in [0.4, 0.5) is 0 Å². The SMILES string of the molecule is Cc1cccc(-c2[nH]ncc2-c2ccc3nccc(-c4cnn(CCN5CCOCC5)c4)c3n2)n1. The second-order valence-corrected chi connectivity index (χ2v) is 8.69. The summed E-state index contributed by atoms with van der Waals surface area (Å²) in [7, 11) is 0. The van der Waals surface area contributed by atoms with Gasteiger partial charge in [0.1, 0.15) is 0 Å². The van der Waals surface area contributed by atoms with Gasteiger partial charge < -0.3 is 4.74 Å². The molecule has 0 spiro atoms. The summed E-state index contributed by atoms with van der Waals surface area (Å²) in [4.78, 5) is 16.6. The van der Waals surface area contributed by atoms with E-state index >= 15 is 0 Å². The van der Waals surface area contributed by atoms with E-state index in [4.69, 9.17) is 9.72 Å². The molecule has 0 amide bonds. The number of aryl methyl sites for hydroxylation is 1. The van der Waals surface area contributed by atoms with Gasteiger partial charge in [0.25, 0.3) is 0 Å². The maximum atomic E-state index is 5.44. The molecule has 0 bridgehead atoms. The molecule has 0 aromatic carbocycles. The highest BCUT2D eigenvalue weighted by Crippen LogP contribution is 2.32. The van der Waals surface area contributed by atoms with Gasteiger partial charge in [-0.15, -0.1) is 0 Å². The van der Waals surface area contributed by atoms with Gasteiger partial charge >= 0.3 is 0 Å². The van der Waals surface area contributed by atoms with E-state index in [2.05, 4.69) is 36.4 Å². The average Bonchev–Trinajstić information content (AvgIpc) is 3.58. The van der Waals surface area contributed by atoms with E-state index in [1.165, 1.54) is 0 Å². The summed E-state index contributed by atoms with van der Waals surface area (Å²) in [5, 5.41) is 12.0. The maximum absolute atomic E-state index is 5.44. The second kappa shape index (κ2) is 9.36. The summed E-state index contributed by atoms with van der Waals surface area (Å²) in [5.41, 5.74) is 8.07. The van der Waals surface area contributed by atoms with Gasteiger partial charge in [-0.25, -0.2) is 4.98 Å². The molecule has 1 N–H and O–H groups in total. The van der Waals surface area contributed by atoms with E-state index in [1.807, 2.05) is 60.4 Å². The van der Waals surface area contributed by atoms with Crippen LogP contribution in [0, 0.1) is 6.92 Å². The third-order valence-corrected chi connectivity index (χ3v) is 6.34. The van der Waals surface area contributed by atoms with Crippen LogP contribution >= 0.6 is 0 Å². The minimum absolute atomic E-state index is 0.805. The Hall–Kier alpha value is -3.95. The molecule has 1 aliphatic heterocycles. The number of nitrogens with zero attached hydrogens (tertiary/aromatic N) is 7. The van der Waals surface area contributed by atoms with Crippen LogP contribution < -0.4 is 0 Å². The van der Waals surface area contributed by atoms with E-state index in [9.17, 15) is 0 Å². The molecule has 0 radical (unpaired) electrons. The Bertz CT molecular complexity index is 1470. The lowest BCUT2D eigenvalue weighted by Gasteiger charge is -2.26. The molecular formula is C26H26N8O. The highest BCUT2D eigenvalue weighted by molar-refractivity contribution is 5.93. The van der Waals surface area contributed by atoms with Gasteiger partial charge in [0.15, 0.2) is 0 Å². The van der Waals surface area contributed by atoms with Crippen LogP contribution in [-0.2, 0) is 11.3 Å². The van der Waals surface area contributed by atoms with Crippen LogP contribution in [-0.4, -0.2) is 72.7 Å². The Labute approximate surface area is 202 Å². The Balaban J connectivity index is 1.32. The minimum Gasteiger partial charge on any atom is -0.379 e. The summed E-state index contributed by atoms with van der Waals surface area (Å²) in [6.07, 6.45) is 7.61. The molecule has 6 heterocycles. The normalized spacial score (nSPS) is 14.5. The summed E-state index contributed by atoms with van der Waals surface area (Å²) in [6, 6.07) is 11.9. The number of rotatable bonds is 6. The second-order valence-electron chi connectivity index (χ2n) is 8.69. The van der Waals surface area contributed by atoms with Crippen LogP contribution in [0.1, 0.15) is 5.69 Å². The van der Waals surface area contributed by atoms with Crippen LogP contribution in [0.2, 0.25) is 0 Å². The van der Waals surface area contributed by atoms with Crippen molar-refractivity contribution in [3.8, 4) is 33.8 Å². The number of H-pyrrole nitrogens is 1. The van der Waals surface area contributed by atoms with Gasteiger partial charge in [-0.2, -0.15) is 10.2 Å². The lowest BCUT2D eigenvalue weighted by atomic mass is 10.1. The number of hydrogen-bond acceptors (Lipinski definition) is 7. The van der Waals surface area contributed by atoms with Crippen molar-refractivity contribution in [3.63, 3.8) is 0 Å². The third-order valence-electron chi connectivity index (χ3n) is 6.34. The number of morpholine rings is 1. The number of aromatic nitrogens is 7. The Morgan fingerprint density at radius 1 is 0.943 bits per heavy atom. The van der Waals surface area contributed by atoms with E-state index in [0.29, 0.717) is 0 Å². The minimum atomic E-state index is 0.805. The molecule has 9 heteroatoms. The average molecular weight is 467 g/mol. The van der Waals surface area contributed by atoms with Gasteiger partial charge in [0, 0.05) is 54.4 Å². The first kappa shape index (κ1) is 21.6. The van der Waals surface area contributed by atoms with Crippen molar-refractivity contribution in [2.45, 2.75) is 13.5 Å². The van der Waals surface area contributed by atoms with Gasteiger partial charge in [0.2, 0.25) is 0 Å². The van der Waals surface area contributed by atoms with Crippen LogP contribution in [0.25, 0.3) is 44.8 Å². The van der Waals surface area contributed by atoms with E-state index < -0.39 is 0 Å². The quantitative estimate of drug-likeness (QED) is 0.408. The number of pyridine rings is 3. The Kier molecular flexibility index (Phi) is 5.77. The molecule has 0 aliphatic carbocycles. The van der Waals surface area contributed by atoms with Crippen LogP contribution in [0.5, 0.6) is 0 Å². The van der Waals surface area contributed by atoms with E-state index in [-0.39, 0.29) is 0 Å². The maximum Gasteiger partial charge on any atom is 0.0973 e. The summed E-state index contributed by atoms with van der Waals surface area (Å²) >= 11 is 0. The molecular weight excluding hydrogens is 440 g/mol. The zero-order valence-electron chi connectivity index (χ0n) is 19.6. The highest BCUT2D eigenvalue weighted by atomic mass is 16.5.